The molecule has 20 heavy (non-hydrogen) atoms. The van der Waals surface area contributed by atoms with Gasteiger partial charge in [0.2, 0.25) is 5.91 Å². The number of H-pyrrole nitrogens is 1. The van der Waals surface area contributed by atoms with E-state index in [0.29, 0.717) is 12.8 Å². The van der Waals surface area contributed by atoms with Gasteiger partial charge in [-0.05, 0) is 36.1 Å². The molecule has 0 bridgehead atoms. The Morgan fingerprint density at radius 3 is 2.95 bits per heavy atom. The average molecular weight is 270 g/mol. The molecule has 3 N–H and O–H groups in total. The summed E-state index contributed by atoms with van der Waals surface area (Å²) >= 11 is 0. The second kappa shape index (κ2) is 5.13. The van der Waals surface area contributed by atoms with E-state index in [2.05, 4.69) is 10.3 Å². The predicted octanol–water partition coefficient (Wildman–Crippen LogP) is 1.51. The number of aromatic amines is 1. The zero-order valence-electron chi connectivity index (χ0n) is 11.2. The Bertz CT molecular complexity index is 607. The molecule has 1 aliphatic carbocycles. The van der Waals surface area contributed by atoms with Gasteiger partial charge in [0, 0.05) is 11.9 Å². The quantitative estimate of drug-likeness (QED) is 0.788. The molecular formula is C16H18N2O2. The van der Waals surface area contributed by atoms with Crippen molar-refractivity contribution < 1.29 is 9.90 Å². The Balaban J connectivity index is 1.62. The first-order chi connectivity index (χ1) is 9.67. The molecule has 0 spiro atoms. The molecule has 4 heteroatoms. The van der Waals surface area contributed by atoms with Crippen LogP contribution >= 0.6 is 0 Å². The van der Waals surface area contributed by atoms with Crippen molar-refractivity contribution in [1.29, 1.82) is 0 Å². The van der Waals surface area contributed by atoms with Gasteiger partial charge in [-0.3, -0.25) is 4.79 Å². The molecule has 2 aromatic rings. The van der Waals surface area contributed by atoms with E-state index in [1.165, 1.54) is 5.56 Å². The number of carbonyl (C=O) groups is 1. The third-order valence-electron chi connectivity index (χ3n) is 3.92. The fourth-order valence-electron chi connectivity index (χ4n) is 2.81. The molecular weight excluding hydrogens is 252 g/mol. The van der Waals surface area contributed by atoms with Gasteiger partial charge in [0.15, 0.2) is 0 Å². The lowest BCUT2D eigenvalue weighted by Gasteiger charge is -2.24. The van der Waals surface area contributed by atoms with Crippen LogP contribution in [0.15, 0.2) is 42.6 Å². The maximum absolute atomic E-state index is 11.9. The van der Waals surface area contributed by atoms with Crippen molar-refractivity contribution >= 4 is 5.91 Å². The van der Waals surface area contributed by atoms with Crippen LogP contribution in [0.1, 0.15) is 23.2 Å². The van der Waals surface area contributed by atoms with Gasteiger partial charge < -0.3 is 15.4 Å². The van der Waals surface area contributed by atoms with Crippen molar-refractivity contribution in [1.82, 2.24) is 10.3 Å². The normalized spacial score (nSPS) is 20.6. The number of fused-ring (bicyclic) bond motifs is 1. The number of carbonyl (C=O) groups excluding carboxylic acids is 1. The minimum atomic E-state index is -0.929. The molecule has 4 nitrogen and oxygen atoms in total. The van der Waals surface area contributed by atoms with Gasteiger partial charge in [-0.25, -0.2) is 0 Å². The Kier molecular flexibility index (Phi) is 3.32. The van der Waals surface area contributed by atoms with Crippen molar-refractivity contribution in [3.8, 4) is 0 Å². The number of aromatic nitrogens is 1. The maximum Gasteiger partial charge on any atom is 0.226 e. The molecule has 1 aromatic heterocycles. The monoisotopic (exact) mass is 270 g/mol. The zero-order valence-corrected chi connectivity index (χ0v) is 11.2. The molecule has 0 saturated heterocycles. The topological polar surface area (TPSA) is 65.1 Å². The largest absolute Gasteiger partial charge is 0.383 e. The van der Waals surface area contributed by atoms with Gasteiger partial charge >= 0.3 is 0 Å². The molecule has 1 aliphatic rings. The summed E-state index contributed by atoms with van der Waals surface area (Å²) in [6.07, 6.45) is 3.63. The molecule has 0 radical (unpaired) electrons. The van der Waals surface area contributed by atoms with Crippen LogP contribution < -0.4 is 5.32 Å². The van der Waals surface area contributed by atoms with E-state index in [9.17, 15) is 9.90 Å². The van der Waals surface area contributed by atoms with Crippen LogP contribution in [-0.4, -0.2) is 22.5 Å². The molecule has 1 aromatic carbocycles. The first-order valence-electron chi connectivity index (χ1n) is 6.87. The number of benzene rings is 1. The van der Waals surface area contributed by atoms with Crippen LogP contribution in [0.5, 0.6) is 0 Å². The van der Waals surface area contributed by atoms with Crippen LogP contribution in [0.4, 0.5) is 0 Å². The van der Waals surface area contributed by atoms with Crippen molar-refractivity contribution in [2.24, 2.45) is 0 Å². The minimum Gasteiger partial charge on any atom is -0.383 e. The summed E-state index contributed by atoms with van der Waals surface area (Å²) in [7, 11) is 0. The van der Waals surface area contributed by atoms with Crippen molar-refractivity contribution in [2.75, 3.05) is 6.54 Å². The first-order valence-corrected chi connectivity index (χ1v) is 6.87. The van der Waals surface area contributed by atoms with Crippen molar-refractivity contribution in [3.63, 3.8) is 0 Å². The van der Waals surface area contributed by atoms with Gasteiger partial charge in [-0.15, -0.1) is 0 Å². The van der Waals surface area contributed by atoms with Crippen LogP contribution in [0.25, 0.3) is 0 Å². The molecule has 104 valence electrons. The lowest BCUT2D eigenvalue weighted by molar-refractivity contribution is -0.121. The summed E-state index contributed by atoms with van der Waals surface area (Å²) < 4.78 is 0. The number of rotatable bonds is 4. The van der Waals surface area contributed by atoms with Crippen LogP contribution in [0.3, 0.4) is 0 Å². The third-order valence-corrected chi connectivity index (χ3v) is 3.92. The summed E-state index contributed by atoms with van der Waals surface area (Å²) in [6, 6.07) is 11.6. The van der Waals surface area contributed by atoms with Crippen LogP contribution in [0, 0.1) is 0 Å². The zero-order chi connectivity index (χ0) is 14.0. The second-order valence-corrected chi connectivity index (χ2v) is 5.34. The summed E-state index contributed by atoms with van der Waals surface area (Å²) in [4.78, 5) is 14.9. The van der Waals surface area contributed by atoms with E-state index in [1.54, 1.807) is 6.20 Å². The number of hydrogen-bond acceptors (Lipinski definition) is 2. The van der Waals surface area contributed by atoms with E-state index < -0.39 is 5.60 Å². The fraction of sp³-hybridized carbons (Fsp3) is 0.312. The highest BCUT2D eigenvalue weighted by Gasteiger charge is 2.36. The van der Waals surface area contributed by atoms with Gasteiger partial charge in [0.05, 0.1) is 13.0 Å². The summed E-state index contributed by atoms with van der Waals surface area (Å²) in [6.45, 7) is 0.267. The molecule has 1 amide bonds. The standard InChI is InChI=1S/C16H18N2O2/c19-15(10-13-5-3-9-17-13)18-11-16(20)8-7-12-4-1-2-6-14(12)16/h1-6,9,17,20H,7-8,10-11H2,(H,18,19). The lowest BCUT2D eigenvalue weighted by atomic mass is 9.96. The highest BCUT2D eigenvalue weighted by molar-refractivity contribution is 5.78. The Morgan fingerprint density at radius 1 is 1.30 bits per heavy atom. The average Bonchev–Trinajstić information content (AvgIpc) is 3.07. The maximum atomic E-state index is 11.9. The Labute approximate surface area is 117 Å². The molecule has 0 fully saturated rings. The molecule has 1 atom stereocenters. The smallest absolute Gasteiger partial charge is 0.226 e. The molecule has 0 saturated carbocycles. The molecule has 1 unspecified atom stereocenters. The molecule has 1 heterocycles. The van der Waals surface area contributed by atoms with E-state index in [0.717, 1.165) is 17.7 Å². The SMILES string of the molecule is O=C(Cc1ccc[nH]1)NCC1(O)CCc2ccccc21. The van der Waals surface area contributed by atoms with Crippen LogP contribution in [0.2, 0.25) is 0 Å². The fourth-order valence-corrected chi connectivity index (χ4v) is 2.81. The highest BCUT2D eigenvalue weighted by Crippen LogP contribution is 2.36. The van der Waals surface area contributed by atoms with Gasteiger partial charge in [-0.1, -0.05) is 24.3 Å². The Hall–Kier alpha value is -2.07. The number of amides is 1. The van der Waals surface area contributed by atoms with Gasteiger partial charge in [-0.2, -0.15) is 0 Å². The predicted molar refractivity (Wildman–Crippen MR) is 76.2 cm³/mol. The van der Waals surface area contributed by atoms with Gasteiger partial charge in [0.25, 0.3) is 0 Å². The second-order valence-electron chi connectivity index (χ2n) is 5.34. The number of aliphatic hydroxyl groups is 1. The summed E-state index contributed by atoms with van der Waals surface area (Å²) in [5.74, 6) is -0.0785. The summed E-state index contributed by atoms with van der Waals surface area (Å²) in [5, 5.41) is 13.5. The first kappa shape index (κ1) is 12.9. The third kappa shape index (κ3) is 2.47. The van der Waals surface area contributed by atoms with Crippen molar-refractivity contribution in [2.45, 2.75) is 24.9 Å². The van der Waals surface area contributed by atoms with E-state index >= 15 is 0 Å². The number of hydrogen-bond donors (Lipinski definition) is 3. The van der Waals surface area contributed by atoms with Crippen molar-refractivity contribution in [3.05, 3.63) is 59.4 Å². The molecule has 3 rings (SSSR count). The van der Waals surface area contributed by atoms with E-state index in [-0.39, 0.29) is 12.5 Å². The number of nitrogens with one attached hydrogen (secondary N) is 2. The van der Waals surface area contributed by atoms with E-state index in [4.69, 9.17) is 0 Å². The van der Waals surface area contributed by atoms with Gasteiger partial charge in [0.1, 0.15) is 5.60 Å². The Morgan fingerprint density at radius 2 is 2.15 bits per heavy atom. The number of aryl methyl sites for hydroxylation is 1. The lowest BCUT2D eigenvalue weighted by Crippen LogP contribution is -2.39. The molecule has 0 aliphatic heterocycles. The highest BCUT2D eigenvalue weighted by atomic mass is 16.3. The van der Waals surface area contributed by atoms with Crippen LogP contribution in [-0.2, 0) is 23.2 Å². The summed E-state index contributed by atoms with van der Waals surface area (Å²) in [5.41, 5.74) is 2.07. The minimum absolute atomic E-state index is 0.0785. The van der Waals surface area contributed by atoms with E-state index in [1.807, 2.05) is 36.4 Å².